The summed E-state index contributed by atoms with van der Waals surface area (Å²) in [5, 5.41) is 0. The number of nitrogens with zero attached hydrogens (tertiary/aromatic N) is 1. The molecule has 0 aromatic heterocycles. The van der Waals surface area contributed by atoms with E-state index in [1.807, 2.05) is 12.1 Å². The first-order chi connectivity index (χ1) is 11.5. The lowest BCUT2D eigenvalue weighted by Gasteiger charge is -2.18. The fraction of sp³-hybridized carbons (Fsp3) is 0.263. The van der Waals surface area contributed by atoms with Crippen molar-refractivity contribution in [3.63, 3.8) is 0 Å². The minimum absolute atomic E-state index is 0.145. The van der Waals surface area contributed by atoms with E-state index in [0.717, 1.165) is 12.0 Å². The van der Waals surface area contributed by atoms with Gasteiger partial charge in [-0.2, -0.15) is 0 Å². The Morgan fingerprint density at radius 1 is 1.04 bits per heavy atom. The zero-order chi connectivity index (χ0) is 17.5. The van der Waals surface area contributed by atoms with Crippen molar-refractivity contribution < 1.29 is 14.3 Å². The van der Waals surface area contributed by atoms with Gasteiger partial charge in [0.15, 0.2) is 6.61 Å². The van der Waals surface area contributed by atoms with Crippen LogP contribution < -0.4 is 10.5 Å². The molecule has 5 nitrogen and oxygen atoms in total. The number of para-hydroxylation sites is 1. The number of nitrogens with two attached hydrogens (primary N) is 1. The topological polar surface area (TPSA) is 72.6 Å². The van der Waals surface area contributed by atoms with Gasteiger partial charge in [0.25, 0.3) is 11.8 Å². The van der Waals surface area contributed by atoms with E-state index in [0.29, 0.717) is 12.3 Å². The van der Waals surface area contributed by atoms with Gasteiger partial charge in [-0.3, -0.25) is 9.59 Å². The van der Waals surface area contributed by atoms with Crippen molar-refractivity contribution in [2.75, 3.05) is 13.7 Å². The van der Waals surface area contributed by atoms with Crippen molar-refractivity contribution in [3.8, 4) is 5.75 Å². The summed E-state index contributed by atoms with van der Waals surface area (Å²) in [6.45, 7) is 2.46. The Hall–Kier alpha value is -2.82. The first-order valence-electron chi connectivity index (χ1n) is 7.84. The van der Waals surface area contributed by atoms with Gasteiger partial charge in [0.1, 0.15) is 5.75 Å². The Balaban J connectivity index is 1.93. The van der Waals surface area contributed by atoms with E-state index >= 15 is 0 Å². The number of rotatable bonds is 7. The zero-order valence-corrected chi connectivity index (χ0v) is 14.0. The van der Waals surface area contributed by atoms with E-state index in [-0.39, 0.29) is 18.1 Å². The number of hydrogen-bond acceptors (Lipinski definition) is 3. The Morgan fingerprint density at radius 2 is 1.67 bits per heavy atom. The number of aryl methyl sites for hydroxylation is 1. The fourth-order valence-electron chi connectivity index (χ4n) is 2.29. The van der Waals surface area contributed by atoms with Crippen molar-refractivity contribution in [1.82, 2.24) is 4.90 Å². The summed E-state index contributed by atoms with van der Waals surface area (Å²) in [7, 11) is 1.72. The molecule has 2 rings (SSSR count). The maximum atomic E-state index is 12.2. The summed E-state index contributed by atoms with van der Waals surface area (Å²) in [6, 6.07) is 14.8. The van der Waals surface area contributed by atoms with Crippen LogP contribution in [0.3, 0.4) is 0 Å². The third-order valence-corrected chi connectivity index (χ3v) is 3.78. The predicted octanol–water partition coefficient (Wildman–Crippen LogP) is 2.39. The van der Waals surface area contributed by atoms with Gasteiger partial charge in [0.2, 0.25) is 0 Å². The molecule has 0 unspecified atom stereocenters. The third-order valence-electron chi connectivity index (χ3n) is 3.78. The van der Waals surface area contributed by atoms with Gasteiger partial charge in [-0.25, -0.2) is 0 Å². The molecule has 0 spiro atoms. The van der Waals surface area contributed by atoms with Gasteiger partial charge in [-0.15, -0.1) is 0 Å². The van der Waals surface area contributed by atoms with Crippen molar-refractivity contribution in [1.29, 1.82) is 0 Å². The standard InChI is InChI=1S/C19H22N2O3/c1-3-14-8-10-15(11-9-14)12-21(2)18(22)13-24-17-7-5-4-6-16(17)19(20)23/h4-11H,3,12-13H2,1-2H3,(H2,20,23). The number of benzene rings is 2. The van der Waals surface area contributed by atoms with Gasteiger partial charge in [-0.05, 0) is 29.7 Å². The monoisotopic (exact) mass is 326 g/mol. The molecular formula is C19H22N2O3. The Labute approximate surface area is 142 Å². The molecule has 2 aromatic rings. The van der Waals surface area contributed by atoms with Gasteiger partial charge in [0.05, 0.1) is 5.56 Å². The summed E-state index contributed by atoms with van der Waals surface area (Å²) >= 11 is 0. The minimum atomic E-state index is -0.581. The molecule has 0 radical (unpaired) electrons. The number of carbonyl (C=O) groups excluding carboxylic acids is 2. The molecule has 0 aliphatic carbocycles. The molecule has 2 amide bonds. The fourth-order valence-corrected chi connectivity index (χ4v) is 2.29. The van der Waals surface area contributed by atoms with Crippen molar-refractivity contribution in [3.05, 3.63) is 65.2 Å². The van der Waals surface area contributed by atoms with Crippen LogP contribution in [0.25, 0.3) is 0 Å². The van der Waals surface area contributed by atoms with Crippen LogP contribution in [0.4, 0.5) is 0 Å². The SMILES string of the molecule is CCc1ccc(CN(C)C(=O)COc2ccccc2C(N)=O)cc1. The molecule has 0 atom stereocenters. The molecule has 0 aliphatic rings. The third kappa shape index (κ3) is 4.59. The molecule has 24 heavy (non-hydrogen) atoms. The van der Waals surface area contributed by atoms with Crippen LogP contribution in [0.2, 0.25) is 0 Å². The summed E-state index contributed by atoms with van der Waals surface area (Å²) in [5.41, 5.74) is 7.88. The lowest BCUT2D eigenvalue weighted by Crippen LogP contribution is -2.31. The van der Waals surface area contributed by atoms with Gasteiger partial charge < -0.3 is 15.4 Å². The smallest absolute Gasteiger partial charge is 0.260 e. The number of amides is 2. The normalized spacial score (nSPS) is 10.2. The van der Waals surface area contributed by atoms with E-state index in [9.17, 15) is 9.59 Å². The van der Waals surface area contributed by atoms with Crippen LogP contribution >= 0.6 is 0 Å². The molecule has 0 saturated carbocycles. The maximum absolute atomic E-state index is 12.2. The molecule has 0 bridgehead atoms. The molecule has 2 aromatic carbocycles. The predicted molar refractivity (Wildman–Crippen MR) is 92.7 cm³/mol. The Kier molecular flexibility index (Phi) is 5.95. The summed E-state index contributed by atoms with van der Waals surface area (Å²) < 4.78 is 5.46. The summed E-state index contributed by atoms with van der Waals surface area (Å²) in [6.07, 6.45) is 0.988. The molecule has 0 aliphatic heterocycles. The van der Waals surface area contributed by atoms with Crippen LogP contribution in [-0.4, -0.2) is 30.4 Å². The van der Waals surface area contributed by atoms with Gasteiger partial charge in [-0.1, -0.05) is 43.3 Å². The largest absolute Gasteiger partial charge is 0.483 e. The van der Waals surface area contributed by atoms with E-state index in [2.05, 4.69) is 19.1 Å². The second-order valence-electron chi connectivity index (χ2n) is 5.57. The number of primary amides is 1. The minimum Gasteiger partial charge on any atom is -0.483 e. The van der Waals surface area contributed by atoms with Crippen LogP contribution in [0.1, 0.15) is 28.4 Å². The molecule has 0 saturated heterocycles. The molecule has 0 fully saturated rings. The van der Waals surface area contributed by atoms with Crippen LogP contribution in [0.15, 0.2) is 48.5 Å². The quantitative estimate of drug-likeness (QED) is 0.849. The first kappa shape index (κ1) is 17.5. The Morgan fingerprint density at radius 3 is 2.29 bits per heavy atom. The number of ether oxygens (including phenoxy) is 1. The average Bonchev–Trinajstić information content (AvgIpc) is 2.60. The summed E-state index contributed by atoms with van der Waals surface area (Å²) in [5.74, 6) is -0.435. The van der Waals surface area contributed by atoms with E-state index in [4.69, 9.17) is 10.5 Å². The second-order valence-corrected chi connectivity index (χ2v) is 5.57. The lowest BCUT2D eigenvalue weighted by atomic mass is 10.1. The molecular weight excluding hydrogens is 304 g/mol. The van der Waals surface area contributed by atoms with Crippen LogP contribution in [0.5, 0.6) is 5.75 Å². The van der Waals surface area contributed by atoms with E-state index < -0.39 is 5.91 Å². The van der Waals surface area contributed by atoms with Crippen LogP contribution in [0, 0.1) is 0 Å². The summed E-state index contributed by atoms with van der Waals surface area (Å²) in [4.78, 5) is 25.1. The lowest BCUT2D eigenvalue weighted by molar-refractivity contribution is -0.132. The maximum Gasteiger partial charge on any atom is 0.260 e. The van der Waals surface area contributed by atoms with Crippen molar-refractivity contribution >= 4 is 11.8 Å². The highest BCUT2D eigenvalue weighted by Crippen LogP contribution is 2.17. The Bertz CT molecular complexity index is 711. The highest BCUT2D eigenvalue weighted by molar-refractivity contribution is 5.95. The highest BCUT2D eigenvalue weighted by Gasteiger charge is 2.13. The number of likely N-dealkylation sites (N-methyl/N-ethyl adjacent to an activating group) is 1. The molecule has 126 valence electrons. The molecule has 5 heteroatoms. The average molecular weight is 326 g/mol. The van der Waals surface area contributed by atoms with E-state index in [1.54, 1.807) is 36.2 Å². The first-order valence-corrected chi connectivity index (χ1v) is 7.84. The van der Waals surface area contributed by atoms with Crippen molar-refractivity contribution in [2.45, 2.75) is 19.9 Å². The number of hydrogen-bond donors (Lipinski definition) is 1. The van der Waals surface area contributed by atoms with Crippen molar-refractivity contribution in [2.24, 2.45) is 5.73 Å². The highest BCUT2D eigenvalue weighted by atomic mass is 16.5. The number of carbonyl (C=O) groups is 2. The second kappa shape index (κ2) is 8.15. The van der Waals surface area contributed by atoms with Gasteiger partial charge >= 0.3 is 0 Å². The van der Waals surface area contributed by atoms with Crippen LogP contribution in [-0.2, 0) is 17.8 Å². The zero-order valence-electron chi connectivity index (χ0n) is 14.0. The van der Waals surface area contributed by atoms with E-state index in [1.165, 1.54) is 5.56 Å². The molecule has 0 heterocycles. The molecule has 2 N–H and O–H groups in total. The van der Waals surface area contributed by atoms with Gasteiger partial charge in [0, 0.05) is 13.6 Å².